The quantitative estimate of drug-likeness (QED) is 0.878. The predicted octanol–water partition coefficient (Wildman–Crippen LogP) is 2.98. The molecule has 3 rings (SSSR count). The first-order valence-electron chi connectivity index (χ1n) is 7.34. The molecule has 1 aliphatic rings. The van der Waals surface area contributed by atoms with Crippen LogP contribution in [0.15, 0.2) is 41.2 Å². The Morgan fingerprint density at radius 2 is 2.00 bits per heavy atom. The molecule has 3 nitrogen and oxygen atoms in total. The van der Waals surface area contributed by atoms with Crippen LogP contribution >= 0.6 is 0 Å². The largest absolute Gasteiger partial charge is 0.472 e. The van der Waals surface area contributed by atoms with E-state index in [4.69, 9.17) is 4.42 Å². The maximum atomic E-state index is 9.96. The van der Waals surface area contributed by atoms with Gasteiger partial charge in [0, 0.05) is 18.7 Å². The molecule has 0 bridgehead atoms. The highest BCUT2D eigenvalue weighted by atomic mass is 16.3. The number of hydrogen-bond acceptors (Lipinski definition) is 3. The van der Waals surface area contributed by atoms with E-state index in [0.717, 1.165) is 12.1 Å². The van der Waals surface area contributed by atoms with Gasteiger partial charge in [0.05, 0.1) is 18.6 Å². The maximum Gasteiger partial charge on any atom is 0.0961 e. The van der Waals surface area contributed by atoms with Crippen molar-refractivity contribution in [3.05, 3.63) is 59.0 Å². The van der Waals surface area contributed by atoms with Crippen molar-refractivity contribution >= 4 is 0 Å². The Morgan fingerprint density at radius 1 is 1.15 bits per heavy atom. The summed E-state index contributed by atoms with van der Waals surface area (Å²) in [5.74, 6) is 0. The molecule has 0 saturated carbocycles. The second-order valence-electron chi connectivity index (χ2n) is 5.51. The van der Waals surface area contributed by atoms with Crippen molar-refractivity contribution in [1.29, 1.82) is 0 Å². The van der Waals surface area contributed by atoms with Gasteiger partial charge in [-0.25, -0.2) is 0 Å². The number of aliphatic hydroxyl groups is 1. The number of hydrogen-bond donors (Lipinski definition) is 2. The van der Waals surface area contributed by atoms with Crippen LogP contribution in [0.4, 0.5) is 0 Å². The Bertz CT molecular complexity index is 548. The van der Waals surface area contributed by atoms with E-state index in [2.05, 4.69) is 23.5 Å². The van der Waals surface area contributed by atoms with Crippen LogP contribution in [-0.4, -0.2) is 11.7 Å². The SMILES string of the molecule is OC(CNCc1ccc2c(c1)CCCC2)c1ccoc1. The Hall–Kier alpha value is -1.58. The molecule has 1 heterocycles. The van der Waals surface area contributed by atoms with Crippen molar-refractivity contribution in [1.82, 2.24) is 5.32 Å². The average Bonchev–Trinajstić information content (AvgIpc) is 3.01. The Labute approximate surface area is 119 Å². The molecule has 2 aromatic rings. The van der Waals surface area contributed by atoms with Crippen molar-refractivity contribution in [2.75, 3.05) is 6.54 Å². The minimum absolute atomic E-state index is 0.508. The van der Waals surface area contributed by atoms with E-state index in [9.17, 15) is 5.11 Å². The molecule has 1 aliphatic carbocycles. The number of benzene rings is 1. The minimum atomic E-state index is -0.508. The second kappa shape index (κ2) is 6.25. The summed E-state index contributed by atoms with van der Waals surface area (Å²) in [6.45, 7) is 1.33. The first-order valence-corrected chi connectivity index (χ1v) is 7.34. The molecule has 1 aromatic carbocycles. The molecular formula is C17H21NO2. The first kappa shape index (κ1) is 13.4. The number of rotatable bonds is 5. The zero-order valence-electron chi connectivity index (χ0n) is 11.6. The topological polar surface area (TPSA) is 45.4 Å². The van der Waals surface area contributed by atoms with Crippen molar-refractivity contribution in [3.8, 4) is 0 Å². The van der Waals surface area contributed by atoms with Gasteiger partial charge >= 0.3 is 0 Å². The Kier molecular flexibility index (Phi) is 4.19. The van der Waals surface area contributed by atoms with E-state index in [1.165, 1.54) is 42.4 Å². The molecule has 1 unspecified atom stereocenters. The standard InChI is InChI=1S/C17H21NO2/c19-17(16-7-8-20-12-16)11-18-10-13-5-6-14-3-1-2-4-15(14)9-13/h5-9,12,17-19H,1-4,10-11H2. The lowest BCUT2D eigenvalue weighted by Crippen LogP contribution is -2.21. The highest BCUT2D eigenvalue weighted by molar-refractivity contribution is 5.33. The van der Waals surface area contributed by atoms with E-state index in [1.807, 2.05) is 0 Å². The highest BCUT2D eigenvalue weighted by Gasteiger charge is 2.10. The van der Waals surface area contributed by atoms with Crippen LogP contribution < -0.4 is 5.32 Å². The van der Waals surface area contributed by atoms with Crippen LogP contribution in [0, 0.1) is 0 Å². The van der Waals surface area contributed by atoms with Crippen molar-refractivity contribution < 1.29 is 9.52 Å². The number of aryl methyl sites for hydroxylation is 2. The lowest BCUT2D eigenvalue weighted by molar-refractivity contribution is 0.173. The molecule has 2 N–H and O–H groups in total. The Morgan fingerprint density at radius 3 is 2.80 bits per heavy atom. The number of fused-ring (bicyclic) bond motifs is 1. The van der Waals surface area contributed by atoms with Crippen LogP contribution in [-0.2, 0) is 19.4 Å². The van der Waals surface area contributed by atoms with E-state index < -0.39 is 6.10 Å². The normalized spacial score (nSPS) is 15.8. The molecule has 106 valence electrons. The molecule has 1 atom stereocenters. The van der Waals surface area contributed by atoms with Crippen LogP contribution in [0.25, 0.3) is 0 Å². The summed E-state index contributed by atoms with van der Waals surface area (Å²) in [6.07, 6.45) is 7.73. The summed E-state index contributed by atoms with van der Waals surface area (Å²) in [5, 5.41) is 13.3. The van der Waals surface area contributed by atoms with E-state index >= 15 is 0 Å². The number of nitrogens with one attached hydrogen (secondary N) is 1. The fraction of sp³-hybridized carbons (Fsp3) is 0.412. The molecule has 3 heteroatoms. The van der Waals surface area contributed by atoms with Gasteiger partial charge in [0.2, 0.25) is 0 Å². The number of furan rings is 1. The molecule has 0 amide bonds. The van der Waals surface area contributed by atoms with Gasteiger partial charge in [0.1, 0.15) is 0 Å². The lowest BCUT2D eigenvalue weighted by atomic mass is 9.90. The van der Waals surface area contributed by atoms with Gasteiger partial charge in [-0.15, -0.1) is 0 Å². The van der Waals surface area contributed by atoms with Gasteiger partial charge in [-0.3, -0.25) is 0 Å². The Balaban J connectivity index is 1.53. The van der Waals surface area contributed by atoms with Crippen molar-refractivity contribution in [3.63, 3.8) is 0 Å². The third-order valence-corrected chi connectivity index (χ3v) is 4.01. The summed E-state index contributed by atoms with van der Waals surface area (Å²) in [6, 6.07) is 8.57. The van der Waals surface area contributed by atoms with Crippen LogP contribution in [0.3, 0.4) is 0 Å². The second-order valence-corrected chi connectivity index (χ2v) is 5.51. The fourth-order valence-electron chi connectivity index (χ4n) is 2.83. The molecule has 0 fully saturated rings. The molecule has 20 heavy (non-hydrogen) atoms. The van der Waals surface area contributed by atoms with Gasteiger partial charge in [-0.05, 0) is 48.4 Å². The van der Waals surface area contributed by atoms with Crippen LogP contribution in [0.5, 0.6) is 0 Å². The van der Waals surface area contributed by atoms with Crippen molar-refractivity contribution in [2.45, 2.75) is 38.3 Å². The van der Waals surface area contributed by atoms with Gasteiger partial charge in [0.15, 0.2) is 0 Å². The smallest absolute Gasteiger partial charge is 0.0961 e. The van der Waals surface area contributed by atoms with Crippen molar-refractivity contribution in [2.24, 2.45) is 0 Å². The average molecular weight is 271 g/mol. The summed E-state index contributed by atoms with van der Waals surface area (Å²) < 4.78 is 4.97. The number of aliphatic hydroxyl groups excluding tert-OH is 1. The molecular weight excluding hydrogens is 250 g/mol. The monoisotopic (exact) mass is 271 g/mol. The predicted molar refractivity (Wildman–Crippen MR) is 78.5 cm³/mol. The summed E-state index contributed by atoms with van der Waals surface area (Å²) in [7, 11) is 0. The molecule has 0 radical (unpaired) electrons. The van der Waals surface area contributed by atoms with Gasteiger partial charge < -0.3 is 14.8 Å². The van der Waals surface area contributed by atoms with E-state index in [0.29, 0.717) is 6.54 Å². The highest BCUT2D eigenvalue weighted by Crippen LogP contribution is 2.22. The van der Waals surface area contributed by atoms with E-state index in [1.54, 1.807) is 18.6 Å². The zero-order chi connectivity index (χ0) is 13.8. The van der Waals surface area contributed by atoms with Gasteiger partial charge in [-0.2, -0.15) is 0 Å². The molecule has 0 spiro atoms. The first-order chi connectivity index (χ1) is 9.83. The molecule has 0 aliphatic heterocycles. The fourth-order valence-corrected chi connectivity index (χ4v) is 2.83. The summed E-state index contributed by atoms with van der Waals surface area (Å²) in [4.78, 5) is 0. The lowest BCUT2D eigenvalue weighted by Gasteiger charge is -2.17. The zero-order valence-corrected chi connectivity index (χ0v) is 11.6. The van der Waals surface area contributed by atoms with Crippen LogP contribution in [0.2, 0.25) is 0 Å². The van der Waals surface area contributed by atoms with Gasteiger partial charge in [0.25, 0.3) is 0 Å². The molecule has 0 saturated heterocycles. The third-order valence-electron chi connectivity index (χ3n) is 4.01. The molecule has 1 aromatic heterocycles. The summed E-state index contributed by atoms with van der Waals surface area (Å²) in [5.41, 5.74) is 5.14. The third kappa shape index (κ3) is 3.11. The van der Waals surface area contributed by atoms with Gasteiger partial charge in [-0.1, -0.05) is 18.2 Å². The minimum Gasteiger partial charge on any atom is -0.472 e. The summed E-state index contributed by atoms with van der Waals surface area (Å²) >= 11 is 0. The van der Waals surface area contributed by atoms with Crippen LogP contribution in [0.1, 0.15) is 41.2 Å². The maximum absolute atomic E-state index is 9.96. The van der Waals surface area contributed by atoms with E-state index in [-0.39, 0.29) is 0 Å².